The van der Waals surface area contributed by atoms with Crippen LogP contribution in [0, 0.1) is 11.3 Å². The van der Waals surface area contributed by atoms with Gasteiger partial charge in [0.2, 0.25) is 18.5 Å². The van der Waals surface area contributed by atoms with E-state index in [0.29, 0.717) is 23.8 Å². The van der Waals surface area contributed by atoms with Gasteiger partial charge in [0.05, 0.1) is 12.2 Å². The summed E-state index contributed by atoms with van der Waals surface area (Å²) < 4.78 is 16.8. The molecule has 8 heteroatoms. The van der Waals surface area contributed by atoms with Crippen LogP contribution in [0.5, 0.6) is 11.5 Å². The zero-order chi connectivity index (χ0) is 21.9. The molecule has 1 spiro atoms. The predicted octanol–water partition coefficient (Wildman–Crippen LogP) is 2.57. The quantitative estimate of drug-likeness (QED) is 0.647. The first kappa shape index (κ1) is 18.4. The lowest BCUT2D eigenvalue weighted by molar-refractivity contribution is -0.122. The van der Waals surface area contributed by atoms with Gasteiger partial charge in [-0.05, 0) is 41.5 Å². The molecule has 1 unspecified atom stereocenters. The van der Waals surface area contributed by atoms with E-state index in [4.69, 9.17) is 24.9 Å². The highest BCUT2D eigenvalue weighted by molar-refractivity contribution is 6.12. The van der Waals surface area contributed by atoms with Gasteiger partial charge in [0.25, 0.3) is 0 Å². The first-order chi connectivity index (χ1) is 15.7. The van der Waals surface area contributed by atoms with Crippen LogP contribution in [0.25, 0.3) is 5.70 Å². The van der Waals surface area contributed by atoms with E-state index in [2.05, 4.69) is 5.32 Å². The second-order valence-electron chi connectivity index (χ2n) is 7.88. The maximum Gasteiger partial charge on any atom is 0.244 e. The molecule has 0 radical (unpaired) electrons. The highest BCUT2D eigenvalue weighted by Crippen LogP contribution is 2.52. The number of nitrogens with one attached hydrogen (secondary N) is 1. The van der Waals surface area contributed by atoms with Crippen LogP contribution in [0.1, 0.15) is 28.2 Å². The van der Waals surface area contributed by atoms with E-state index in [-0.39, 0.29) is 25.0 Å². The molecular weight excluding hydrogens is 408 g/mol. The lowest BCUT2D eigenvalue weighted by Crippen LogP contribution is -2.50. The molecule has 3 aliphatic rings. The minimum atomic E-state index is -0.968. The lowest BCUT2D eigenvalue weighted by atomic mass is 9.70. The van der Waals surface area contributed by atoms with E-state index >= 15 is 0 Å². The van der Waals surface area contributed by atoms with Gasteiger partial charge in [-0.3, -0.25) is 4.79 Å². The van der Waals surface area contributed by atoms with Crippen LogP contribution in [-0.4, -0.2) is 19.2 Å². The van der Waals surface area contributed by atoms with Crippen molar-refractivity contribution in [2.75, 3.05) is 18.2 Å². The largest absolute Gasteiger partial charge is 0.454 e. The summed E-state index contributed by atoms with van der Waals surface area (Å²) in [6, 6.07) is 16.8. The maximum absolute atomic E-state index is 14.1. The molecule has 8 nitrogen and oxygen atoms in total. The molecule has 0 aliphatic carbocycles. The van der Waals surface area contributed by atoms with Crippen molar-refractivity contribution in [2.45, 2.75) is 12.0 Å². The molecule has 2 aromatic carbocycles. The topological polar surface area (TPSA) is 114 Å². The van der Waals surface area contributed by atoms with E-state index in [0.717, 1.165) is 28.1 Å². The van der Waals surface area contributed by atoms with Crippen LogP contribution in [0.15, 0.2) is 59.1 Å². The number of nitriles is 1. The fourth-order valence-corrected chi connectivity index (χ4v) is 4.88. The van der Waals surface area contributed by atoms with E-state index in [1.807, 2.05) is 42.5 Å². The summed E-state index contributed by atoms with van der Waals surface area (Å²) in [4.78, 5) is 15.8. The minimum Gasteiger partial charge on any atom is -0.454 e. The summed E-state index contributed by atoms with van der Waals surface area (Å²) in [7, 11) is 0. The second-order valence-corrected chi connectivity index (χ2v) is 7.88. The predicted molar refractivity (Wildman–Crippen MR) is 115 cm³/mol. The number of hydrogen-bond donors (Lipinski definition) is 2. The molecule has 0 fully saturated rings. The molecule has 0 saturated heterocycles. The molecular formula is C24H18N4O4. The van der Waals surface area contributed by atoms with Gasteiger partial charge in [-0.25, -0.2) is 0 Å². The molecule has 32 heavy (non-hydrogen) atoms. The highest BCUT2D eigenvalue weighted by Gasteiger charge is 2.55. The Labute approximate surface area is 183 Å². The number of furan rings is 1. The number of fused-ring (bicyclic) bond motifs is 5. The molecule has 0 saturated carbocycles. The molecule has 6 rings (SSSR count). The van der Waals surface area contributed by atoms with Crippen LogP contribution in [0.3, 0.4) is 0 Å². The van der Waals surface area contributed by atoms with Gasteiger partial charge in [0.1, 0.15) is 17.2 Å². The van der Waals surface area contributed by atoms with Gasteiger partial charge in [0, 0.05) is 24.0 Å². The van der Waals surface area contributed by atoms with Crippen molar-refractivity contribution in [1.82, 2.24) is 5.32 Å². The molecule has 1 aromatic heterocycles. The van der Waals surface area contributed by atoms with Crippen molar-refractivity contribution in [3.8, 4) is 17.6 Å². The molecule has 3 aliphatic heterocycles. The van der Waals surface area contributed by atoms with Crippen molar-refractivity contribution in [3.63, 3.8) is 0 Å². The fourth-order valence-electron chi connectivity index (χ4n) is 4.88. The van der Waals surface area contributed by atoms with Crippen LogP contribution >= 0.6 is 0 Å². The number of para-hydroxylation sites is 1. The Morgan fingerprint density at radius 1 is 1.16 bits per heavy atom. The molecule has 1 amide bonds. The van der Waals surface area contributed by atoms with E-state index in [1.54, 1.807) is 17.0 Å². The number of anilines is 1. The number of amides is 1. The third kappa shape index (κ3) is 2.33. The van der Waals surface area contributed by atoms with Crippen molar-refractivity contribution in [2.24, 2.45) is 5.73 Å². The number of ether oxygens (including phenoxy) is 2. The Kier molecular flexibility index (Phi) is 3.77. The summed E-state index contributed by atoms with van der Waals surface area (Å²) in [5.41, 5.74) is 8.97. The number of nitrogens with two attached hydrogens (primary N) is 1. The Balaban J connectivity index is 1.54. The van der Waals surface area contributed by atoms with Crippen LogP contribution in [-0.2, 0) is 16.8 Å². The first-order valence-electron chi connectivity index (χ1n) is 10.2. The minimum absolute atomic E-state index is 0.0858. The van der Waals surface area contributed by atoms with E-state index in [1.165, 1.54) is 6.20 Å². The van der Waals surface area contributed by atoms with Crippen LogP contribution in [0.4, 0.5) is 5.69 Å². The number of benzene rings is 2. The van der Waals surface area contributed by atoms with Gasteiger partial charge >= 0.3 is 0 Å². The summed E-state index contributed by atoms with van der Waals surface area (Å²) in [6.45, 7) is 0.700. The standard InChI is InChI=1S/C24H18N4O4/c25-9-14-5-6-15(32-14)11-28-20-4-2-1-3-17(20)24(23(28)29)12-27-19(10-26)16-7-21-22(8-18(16)24)31-13-30-21/h1-8,10,27H,11-13,26H2/b19-10-. The summed E-state index contributed by atoms with van der Waals surface area (Å²) in [5, 5.41) is 12.4. The third-order valence-corrected chi connectivity index (χ3v) is 6.32. The fraction of sp³-hybridized carbons (Fsp3) is 0.167. The normalized spacial score (nSPS) is 21.4. The summed E-state index contributed by atoms with van der Waals surface area (Å²) in [6.07, 6.45) is 1.50. The Hall–Kier alpha value is -4.38. The van der Waals surface area contributed by atoms with Crippen molar-refractivity contribution in [1.29, 1.82) is 5.26 Å². The van der Waals surface area contributed by atoms with Crippen LogP contribution in [0.2, 0.25) is 0 Å². The lowest BCUT2D eigenvalue weighted by Gasteiger charge is -2.37. The van der Waals surface area contributed by atoms with Gasteiger partial charge in [-0.15, -0.1) is 0 Å². The summed E-state index contributed by atoms with van der Waals surface area (Å²) in [5.74, 6) is 1.90. The van der Waals surface area contributed by atoms with Crippen molar-refractivity contribution < 1.29 is 18.7 Å². The zero-order valence-corrected chi connectivity index (χ0v) is 16.9. The number of nitrogens with zero attached hydrogens (tertiary/aromatic N) is 2. The van der Waals surface area contributed by atoms with Crippen LogP contribution < -0.4 is 25.4 Å². The first-order valence-corrected chi connectivity index (χ1v) is 10.2. The monoisotopic (exact) mass is 426 g/mol. The maximum atomic E-state index is 14.1. The molecule has 4 heterocycles. The number of carbonyl (C=O) groups is 1. The second kappa shape index (κ2) is 6.56. The number of hydrogen-bond acceptors (Lipinski definition) is 7. The zero-order valence-electron chi connectivity index (χ0n) is 16.9. The van der Waals surface area contributed by atoms with Gasteiger partial charge < -0.3 is 29.8 Å². The highest BCUT2D eigenvalue weighted by atomic mass is 16.7. The Morgan fingerprint density at radius 2 is 1.97 bits per heavy atom. The number of carbonyl (C=O) groups excluding carboxylic acids is 1. The average molecular weight is 426 g/mol. The molecule has 158 valence electrons. The van der Waals surface area contributed by atoms with E-state index < -0.39 is 5.41 Å². The average Bonchev–Trinajstić information content (AvgIpc) is 3.53. The Bertz CT molecular complexity index is 1350. The van der Waals surface area contributed by atoms with Gasteiger partial charge in [-0.1, -0.05) is 18.2 Å². The SMILES string of the molecule is N#Cc1ccc(CN2C(=O)C3(CN/C(=C\N)c4cc5c(cc43)OCO5)c3ccccc32)o1. The molecule has 0 bridgehead atoms. The van der Waals surface area contributed by atoms with Crippen molar-refractivity contribution in [3.05, 3.63) is 82.9 Å². The third-order valence-electron chi connectivity index (χ3n) is 6.32. The van der Waals surface area contributed by atoms with Gasteiger partial charge in [0.15, 0.2) is 11.5 Å². The molecule has 3 N–H and O–H groups in total. The van der Waals surface area contributed by atoms with Gasteiger partial charge in [-0.2, -0.15) is 5.26 Å². The summed E-state index contributed by atoms with van der Waals surface area (Å²) >= 11 is 0. The van der Waals surface area contributed by atoms with Crippen molar-refractivity contribution >= 4 is 17.3 Å². The number of rotatable bonds is 2. The van der Waals surface area contributed by atoms with E-state index in [9.17, 15) is 4.79 Å². The Morgan fingerprint density at radius 3 is 2.75 bits per heavy atom. The molecule has 1 atom stereocenters. The smallest absolute Gasteiger partial charge is 0.244 e. The molecule has 3 aromatic rings.